The quantitative estimate of drug-likeness (QED) is 0.564. The van der Waals surface area contributed by atoms with Crippen LogP contribution in [-0.2, 0) is 0 Å². The van der Waals surface area contributed by atoms with E-state index in [9.17, 15) is 5.11 Å². The van der Waals surface area contributed by atoms with Gasteiger partial charge in [0, 0.05) is 11.8 Å². The molecule has 0 radical (unpaired) electrons. The molecule has 3 nitrogen and oxygen atoms in total. The van der Waals surface area contributed by atoms with Crippen LogP contribution in [0.1, 0.15) is 0 Å². The first kappa shape index (κ1) is 11.1. The minimum atomic E-state index is 0.250. The number of aromatic nitrogens is 2. The summed E-state index contributed by atoms with van der Waals surface area (Å²) in [6.45, 7) is 0. The number of phenols is 1. The zero-order valence-corrected chi connectivity index (χ0v) is 10.7. The highest BCUT2D eigenvalue weighted by atomic mass is 16.3. The summed E-state index contributed by atoms with van der Waals surface area (Å²) in [4.78, 5) is 4.60. The van der Waals surface area contributed by atoms with Crippen LogP contribution < -0.4 is 0 Å². The zero-order chi connectivity index (χ0) is 13.5. The number of hydrogen-bond acceptors (Lipinski definition) is 2. The molecule has 0 aliphatic carbocycles. The maximum absolute atomic E-state index is 9.95. The summed E-state index contributed by atoms with van der Waals surface area (Å²) in [5, 5.41) is 11.1. The van der Waals surface area contributed by atoms with Gasteiger partial charge in [-0.2, -0.15) is 0 Å². The van der Waals surface area contributed by atoms with Crippen molar-refractivity contribution in [3.8, 4) is 17.0 Å². The van der Waals surface area contributed by atoms with Crippen LogP contribution in [0.3, 0.4) is 0 Å². The molecule has 1 N–H and O–H groups in total. The lowest BCUT2D eigenvalue weighted by molar-refractivity contribution is 0.477. The summed E-state index contributed by atoms with van der Waals surface area (Å²) in [6.07, 6.45) is 1.96. The molecule has 2 aromatic carbocycles. The molecular weight excluding hydrogens is 248 g/mol. The molecule has 0 unspecified atom stereocenters. The summed E-state index contributed by atoms with van der Waals surface area (Å²) in [5.41, 5.74) is 3.51. The average molecular weight is 260 g/mol. The molecule has 0 saturated heterocycles. The minimum absolute atomic E-state index is 0.250. The maximum Gasteiger partial charge on any atom is 0.137 e. The van der Waals surface area contributed by atoms with Gasteiger partial charge in [0.15, 0.2) is 0 Å². The van der Waals surface area contributed by atoms with Crippen LogP contribution in [0.4, 0.5) is 0 Å². The van der Waals surface area contributed by atoms with E-state index in [2.05, 4.69) is 27.6 Å². The summed E-state index contributed by atoms with van der Waals surface area (Å²) in [5.74, 6) is 0.250. The van der Waals surface area contributed by atoms with E-state index in [1.165, 1.54) is 5.39 Å². The number of para-hydroxylation sites is 2. The smallest absolute Gasteiger partial charge is 0.137 e. The molecular formula is C17H12N2O. The number of benzene rings is 2. The highest BCUT2D eigenvalue weighted by molar-refractivity contribution is 5.83. The molecule has 0 aliphatic heterocycles. The molecule has 2 aromatic heterocycles. The molecule has 2 heterocycles. The van der Waals surface area contributed by atoms with Gasteiger partial charge in [-0.3, -0.25) is 4.40 Å². The van der Waals surface area contributed by atoms with Crippen LogP contribution >= 0.6 is 0 Å². The van der Waals surface area contributed by atoms with Crippen LogP contribution in [0.25, 0.3) is 27.8 Å². The Balaban J connectivity index is 2.04. The van der Waals surface area contributed by atoms with E-state index in [1.807, 2.05) is 42.6 Å². The lowest BCUT2D eigenvalue weighted by atomic mass is 10.1. The van der Waals surface area contributed by atoms with Gasteiger partial charge >= 0.3 is 0 Å². The fourth-order valence-electron chi connectivity index (χ4n) is 2.54. The van der Waals surface area contributed by atoms with Gasteiger partial charge in [0.25, 0.3) is 0 Å². The van der Waals surface area contributed by atoms with Crippen molar-refractivity contribution in [3.05, 3.63) is 66.9 Å². The molecule has 4 aromatic rings. The Morgan fingerprint density at radius 3 is 2.55 bits per heavy atom. The standard InChI is InChI=1S/C17H12N2O/c20-16-8-4-2-6-13(16)14-11-19-15-7-3-1-5-12(15)9-10-17(19)18-14/h1-11,20H. The van der Waals surface area contributed by atoms with Gasteiger partial charge in [-0.05, 0) is 35.7 Å². The molecule has 0 spiro atoms. The topological polar surface area (TPSA) is 37.5 Å². The molecule has 3 heteroatoms. The van der Waals surface area contributed by atoms with Gasteiger partial charge in [0.1, 0.15) is 11.4 Å². The van der Waals surface area contributed by atoms with E-state index >= 15 is 0 Å². The van der Waals surface area contributed by atoms with Crippen LogP contribution in [0.5, 0.6) is 5.75 Å². The molecule has 96 valence electrons. The van der Waals surface area contributed by atoms with Crippen molar-refractivity contribution >= 4 is 16.6 Å². The van der Waals surface area contributed by atoms with Gasteiger partial charge < -0.3 is 5.11 Å². The molecule has 0 bridgehead atoms. The highest BCUT2D eigenvalue weighted by Crippen LogP contribution is 2.29. The van der Waals surface area contributed by atoms with E-state index in [4.69, 9.17) is 0 Å². The van der Waals surface area contributed by atoms with E-state index in [-0.39, 0.29) is 5.75 Å². The Labute approximate surface area is 115 Å². The second-order valence-corrected chi connectivity index (χ2v) is 4.76. The Morgan fingerprint density at radius 2 is 1.65 bits per heavy atom. The molecule has 0 atom stereocenters. The number of rotatable bonds is 1. The predicted octanol–water partition coefficient (Wildman–Crippen LogP) is 3.86. The van der Waals surface area contributed by atoms with Gasteiger partial charge in [-0.1, -0.05) is 30.3 Å². The first-order valence-corrected chi connectivity index (χ1v) is 6.48. The summed E-state index contributed by atoms with van der Waals surface area (Å²) in [6, 6.07) is 19.5. The number of hydrogen-bond donors (Lipinski definition) is 1. The van der Waals surface area contributed by atoms with Crippen molar-refractivity contribution in [1.82, 2.24) is 9.38 Å². The number of pyridine rings is 1. The average Bonchev–Trinajstić information content (AvgIpc) is 2.92. The van der Waals surface area contributed by atoms with Crippen LogP contribution in [0, 0.1) is 0 Å². The Kier molecular flexibility index (Phi) is 2.27. The molecule has 4 rings (SSSR count). The molecule has 20 heavy (non-hydrogen) atoms. The Bertz CT molecular complexity index is 924. The van der Waals surface area contributed by atoms with Gasteiger partial charge in [-0.25, -0.2) is 4.98 Å². The third-order valence-electron chi connectivity index (χ3n) is 3.52. The predicted molar refractivity (Wildman–Crippen MR) is 79.8 cm³/mol. The third-order valence-corrected chi connectivity index (χ3v) is 3.52. The van der Waals surface area contributed by atoms with Crippen LogP contribution in [-0.4, -0.2) is 14.5 Å². The SMILES string of the molecule is Oc1ccccc1-c1cn2c(ccc3ccccc32)n1. The largest absolute Gasteiger partial charge is 0.507 e. The lowest BCUT2D eigenvalue weighted by Crippen LogP contribution is -1.85. The van der Waals surface area contributed by atoms with Crippen molar-refractivity contribution in [2.24, 2.45) is 0 Å². The number of imidazole rings is 1. The van der Waals surface area contributed by atoms with Crippen LogP contribution in [0.15, 0.2) is 66.9 Å². The van der Waals surface area contributed by atoms with Crippen molar-refractivity contribution in [3.63, 3.8) is 0 Å². The van der Waals surface area contributed by atoms with Crippen molar-refractivity contribution in [2.75, 3.05) is 0 Å². The zero-order valence-electron chi connectivity index (χ0n) is 10.7. The van der Waals surface area contributed by atoms with E-state index in [0.717, 1.165) is 22.4 Å². The number of phenolic OH excluding ortho intramolecular Hbond substituents is 1. The highest BCUT2D eigenvalue weighted by Gasteiger charge is 2.09. The molecule has 0 amide bonds. The van der Waals surface area contributed by atoms with E-state index in [1.54, 1.807) is 6.07 Å². The summed E-state index contributed by atoms with van der Waals surface area (Å²) in [7, 11) is 0. The Morgan fingerprint density at radius 1 is 0.850 bits per heavy atom. The maximum atomic E-state index is 9.95. The normalized spacial score (nSPS) is 11.2. The summed E-state index contributed by atoms with van der Waals surface area (Å²) >= 11 is 0. The van der Waals surface area contributed by atoms with Gasteiger partial charge in [0.2, 0.25) is 0 Å². The monoisotopic (exact) mass is 260 g/mol. The van der Waals surface area contributed by atoms with Crippen LogP contribution in [0.2, 0.25) is 0 Å². The van der Waals surface area contributed by atoms with E-state index in [0.29, 0.717) is 0 Å². The molecule has 0 fully saturated rings. The lowest BCUT2D eigenvalue weighted by Gasteiger charge is -2.00. The molecule has 0 aliphatic rings. The van der Waals surface area contributed by atoms with Crippen molar-refractivity contribution in [2.45, 2.75) is 0 Å². The molecule has 0 saturated carbocycles. The third kappa shape index (κ3) is 1.57. The second-order valence-electron chi connectivity index (χ2n) is 4.76. The number of aromatic hydroxyl groups is 1. The summed E-state index contributed by atoms with van der Waals surface area (Å²) < 4.78 is 2.05. The van der Waals surface area contributed by atoms with Crippen molar-refractivity contribution in [1.29, 1.82) is 0 Å². The number of fused-ring (bicyclic) bond motifs is 3. The Hall–Kier alpha value is -2.81. The van der Waals surface area contributed by atoms with Gasteiger partial charge in [0.05, 0.1) is 11.2 Å². The number of nitrogens with zero attached hydrogens (tertiary/aromatic N) is 2. The fourth-order valence-corrected chi connectivity index (χ4v) is 2.54. The minimum Gasteiger partial charge on any atom is -0.507 e. The first-order valence-electron chi connectivity index (χ1n) is 6.48. The first-order chi connectivity index (χ1) is 9.83. The van der Waals surface area contributed by atoms with E-state index < -0.39 is 0 Å². The second kappa shape index (κ2) is 4.10. The fraction of sp³-hybridized carbons (Fsp3) is 0. The van der Waals surface area contributed by atoms with Gasteiger partial charge in [-0.15, -0.1) is 0 Å². The van der Waals surface area contributed by atoms with Crippen molar-refractivity contribution < 1.29 is 5.11 Å².